The summed E-state index contributed by atoms with van der Waals surface area (Å²) in [6.07, 6.45) is 0. The van der Waals surface area contributed by atoms with E-state index in [1.54, 1.807) is 13.0 Å². The van der Waals surface area contributed by atoms with E-state index < -0.39 is 10.0 Å². The fraction of sp³-hybridized carbons (Fsp3) is 0.429. The van der Waals surface area contributed by atoms with E-state index in [2.05, 4.69) is 22.1 Å². The molecule has 0 aliphatic heterocycles. The number of hydrogen-bond donors (Lipinski definition) is 2. The Kier molecular flexibility index (Phi) is 3.77. The molecule has 0 aliphatic carbocycles. The molecule has 0 unspecified atom stereocenters. The maximum Gasteiger partial charge on any atom is 0.218 e. The van der Waals surface area contributed by atoms with Crippen molar-refractivity contribution in [3.05, 3.63) is 17.5 Å². The summed E-state index contributed by atoms with van der Waals surface area (Å²) in [4.78, 5) is -0.0729. The average Bonchev–Trinajstić information content (AvgIpc) is 2.46. The maximum atomic E-state index is 11.3. The lowest BCUT2D eigenvalue weighted by molar-refractivity contribution is 0.377. The summed E-state index contributed by atoms with van der Waals surface area (Å²) < 4.78 is 29.7. The van der Waals surface area contributed by atoms with Gasteiger partial charge in [-0.15, -0.1) is 0 Å². The van der Waals surface area contributed by atoms with Crippen LogP contribution in [0, 0.1) is 6.92 Å². The van der Waals surface area contributed by atoms with Gasteiger partial charge < -0.3 is 10.3 Å². The first-order chi connectivity index (χ1) is 6.89. The Balaban J connectivity index is 2.53. The molecule has 84 valence electrons. The van der Waals surface area contributed by atoms with Gasteiger partial charge in [0.2, 0.25) is 10.0 Å². The molecule has 1 heterocycles. The highest BCUT2D eigenvalue weighted by Gasteiger charge is 2.12. The third-order valence-corrected chi connectivity index (χ3v) is 3.08. The van der Waals surface area contributed by atoms with Crippen LogP contribution in [-0.4, -0.2) is 24.3 Å². The van der Waals surface area contributed by atoms with Crippen LogP contribution in [0.25, 0.3) is 0 Å². The van der Waals surface area contributed by atoms with Crippen LogP contribution >= 0.6 is 12.2 Å². The van der Waals surface area contributed by atoms with Crippen LogP contribution in [0.3, 0.4) is 0 Å². The standard InChI is InChI=1S/C7H11N3O3S2/c1-5-2-6(13-10-5)3-9-15(11,12)4-7(8)14/h2,9H,3-4H2,1H3,(H2,8,14). The number of aromatic nitrogens is 1. The number of nitrogens with two attached hydrogens (primary N) is 1. The van der Waals surface area contributed by atoms with Gasteiger partial charge in [-0.3, -0.25) is 0 Å². The minimum absolute atomic E-state index is 0.0474. The van der Waals surface area contributed by atoms with E-state index in [1.807, 2.05) is 0 Å². The number of nitrogens with one attached hydrogen (secondary N) is 1. The minimum Gasteiger partial charge on any atom is -0.392 e. The van der Waals surface area contributed by atoms with E-state index in [0.29, 0.717) is 11.5 Å². The van der Waals surface area contributed by atoms with E-state index >= 15 is 0 Å². The third-order valence-electron chi connectivity index (χ3n) is 1.48. The van der Waals surface area contributed by atoms with Crippen LogP contribution in [0.15, 0.2) is 10.6 Å². The first kappa shape index (κ1) is 12.1. The average molecular weight is 249 g/mol. The molecule has 1 aromatic heterocycles. The molecule has 15 heavy (non-hydrogen) atoms. The van der Waals surface area contributed by atoms with Crippen molar-refractivity contribution in [2.45, 2.75) is 13.5 Å². The first-order valence-corrected chi connectivity index (χ1v) is 6.13. The van der Waals surface area contributed by atoms with Crippen LogP contribution in [0.2, 0.25) is 0 Å². The van der Waals surface area contributed by atoms with Crippen molar-refractivity contribution in [1.82, 2.24) is 9.88 Å². The molecule has 1 rings (SSSR count). The lowest BCUT2D eigenvalue weighted by Crippen LogP contribution is -2.31. The second-order valence-corrected chi connectivity index (χ2v) is 5.31. The van der Waals surface area contributed by atoms with E-state index in [-0.39, 0.29) is 17.3 Å². The van der Waals surface area contributed by atoms with Crippen LogP contribution in [0.4, 0.5) is 0 Å². The topological polar surface area (TPSA) is 98.2 Å². The SMILES string of the molecule is Cc1cc(CNS(=O)(=O)CC(N)=S)on1. The number of nitrogens with zero attached hydrogens (tertiary/aromatic N) is 1. The second-order valence-electron chi connectivity index (χ2n) is 2.98. The summed E-state index contributed by atoms with van der Waals surface area (Å²) in [7, 11) is -3.47. The minimum atomic E-state index is -3.47. The molecular weight excluding hydrogens is 238 g/mol. The maximum absolute atomic E-state index is 11.3. The third kappa shape index (κ3) is 4.36. The van der Waals surface area contributed by atoms with Crippen molar-refractivity contribution in [3.63, 3.8) is 0 Å². The van der Waals surface area contributed by atoms with E-state index in [1.165, 1.54) is 0 Å². The Bertz CT molecular complexity index is 452. The lowest BCUT2D eigenvalue weighted by atomic mass is 10.4. The Morgan fingerprint density at radius 3 is 2.87 bits per heavy atom. The molecule has 1 aromatic rings. The predicted octanol–water partition coefficient (Wildman–Crippen LogP) is -0.311. The van der Waals surface area contributed by atoms with Crippen LogP contribution in [0.1, 0.15) is 11.5 Å². The number of hydrogen-bond acceptors (Lipinski definition) is 5. The highest BCUT2D eigenvalue weighted by molar-refractivity contribution is 7.92. The molecule has 0 bridgehead atoms. The number of rotatable bonds is 5. The van der Waals surface area contributed by atoms with Gasteiger partial charge in [0.05, 0.1) is 17.2 Å². The van der Waals surface area contributed by atoms with Crippen LogP contribution < -0.4 is 10.5 Å². The predicted molar refractivity (Wildman–Crippen MR) is 58.7 cm³/mol. The van der Waals surface area contributed by atoms with Crippen LogP contribution in [0.5, 0.6) is 0 Å². The van der Waals surface area contributed by atoms with Crippen molar-refractivity contribution in [1.29, 1.82) is 0 Å². The second kappa shape index (κ2) is 4.69. The van der Waals surface area contributed by atoms with Gasteiger partial charge in [-0.1, -0.05) is 17.4 Å². The Hall–Kier alpha value is -0.990. The molecular formula is C7H11N3O3S2. The molecule has 0 saturated carbocycles. The quantitative estimate of drug-likeness (QED) is 0.694. The van der Waals surface area contributed by atoms with Crippen molar-refractivity contribution < 1.29 is 12.9 Å². The van der Waals surface area contributed by atoms with E-state index in [0.717, 1.165) is 0 Å². The van der Waals surface area contributed by atoms with Crippen molar-refractivity contribution in [2.24, 2.45) is 5.73 Å². The monoisotopic (exact) mass is 249 g/mol. The molecule has 8 heteroatoms. The molecule has 0 aromatic carbocycles. The molecule has 0 radical (unpaired) electrons. The van der Waals surface area contributed by atoms with E-state index in [9.17, 15) is 8.42 Å². The summed E-state index contributed by atoms with van der Waals surface area (Å²) in [5.41, 5.74) is 5.82. The smallest absolute Gasteiger partial charge is 0.218 e. The summed E-state index contributed by atoms with van der Waals surface area (Å²) in [5, 5.41) is 3.62. The van der Waals surface area contributed by atoms with Gasteiger partial charge in [-0.25, -0.2) is 13.1 Å². The number of aryl methyl sites for hydroxylation is 1. The fourth-order valence-corrected chi connectivity index (χ4v) is 2.22. The molecule has 0 spiro atoms. The summed E-state index contributed by atoms with van der Waals surface area (Å²) >= 11 is 4.50. The highest BCUT2D eigenvalue weighted by atomic mass is 32.2. The molecule has 0 amide bonds. The summed E-state index contributed by atoms with van der Waals surface area (Å²) in [6, 6.07) is 1.64. The zero-order valence-electron chi connectivity index (χ0n) is 8.06. The first-order valence-electron chi connectivity index (χ1n) is 4.07. The van der Waals surface area contributed by atoms with Gasteiger partial charge >= 0.3 is 0 Å². The molecule has 3 N–H and O–H groups in total. The van der Waals surface area contributed by atoms with Gasteiger partial charge in [0.25, 0.3) is 0 Å². The van der Waals surface area contributed by atoms with Crippen molar-refractivity contribution in [3.8, 4) is 0 Å². The Morgan fingerprint density at radius 1 is 1.73 bits per heavy atom. The number of thiocarbonyl (C=S) groups is 1. The Labute approximate surface area is 92.9 Å². The van der Waals surface area contributed by atoms with Crippen LogP contribution in [-0.2, 0) is 16.6 Å². The zero-order valence-corrected chi connectivity index (χ0v) is 9.69. The van der Waals surface area contributed by atoms with Gasteiger partial charge in [-0.2, -0.15) is 0 Å². The normalized spacial score (nSPS) is 11.5. The molecule has 0 fully saturated rings. The zero-order chi connectivity index (χ0) is 11.5. The summed E-state index contributed by atoms with van der Waals surface area (Å²) in [5.74, 6) is 0.0779. The van der Waals surface area contributed by atoms with Crippen molar-refractivity contribution >= 4 is 27.2 Å². The van der Waals surface area contributed by atoms with Gasteiger partial charge in [0, 0.05) is 6.07 Å². The van der Waals surface area contributed by atoms with Gasteiger partial charge in [-0.05, 0) is 6.92 Å². The lowest BCUT2D eigenvalue weighted by Gasteiger charge is -2.02. The molecule has 6 nitrogen and oxygen atoms in total. The van der Waals surface area contributed by atoms with Gasteiger partial charge in [0.15, 0.2) is 5.76 Å². The molecule has 0 aliphatic rings. The van der Waals surface area contributed by atoms with Gasteiger partial charge in [0.1, 0.15) is 5.75 Å². The highest BCUT2D eigenvalue weighted by Crippen LogP contribution is 2.01. The molecule has 0 atom stereocenters. The Morgan fingerprint density at radius 2 is 2.40 bits per heavy atom. The molecule has 0 saturated heterocycles. The van der Waals surface area contributed by atoms with E-state index in [4.69, 9.17) is 10.3 Å². The summed E-state index contributed by atoms with van der Waals surface area (Å²) in [6.45, 7) is 1.79. The largest absolute Gasteiger partial charge is 0.392 e. The fourth-order valence-electron chi connectivity index (χ4n) is 0.919. The number of sulfonamides is 1. The van der Waals surface area contributed by atoms with Crippen molar-refractivity contribution in [2.75, 3.05) is 5.75 Å².